The molecule has 0 amide bonds. The van der Waals surface area contributed by atoms with Crippen LogP contribution in [0.2, 0.25) is 0 Å². The van der Waals surface area contributed by atoms with E-state index in [0.29, 0.717) is 17.5 Å². The molecule has 0 aliphatic carbocycles. The lowest BCUT2D eigenvalue weighted by Crippen LogP contribution is -2.30. The van der Waals surface area contributed by atoms with Gasteiger partial charge < -0.3 is 19.6 Å². The van der Waals surface area contributed by atoms with Crippen molar-refractivity contribution in [3.63, 3.8) is 0 Å². The van der Waals surface area contributed by atoms with Gasteiger partial charge in [0.05, 0.1) is 11.7 Å². The second kappa shape index (κ2) is 5.10. The number of aromatic nitrogens is 3. The van der Waals surface area contributed by atoms with Gasteiger partial charge in [0.2, 0.25) is 5.76 Å². The van der Waals surface area contributed by atoms with E-state index < -0.39 is 0 Å². The number of nitrogens with zero attached hydrogens (tertiary/aromatic N) is 4. The first-order valence-corrected chi connectivity index (χ1v) is 6.46. The SMILES string of the molecule is Cc1ncoc1-c1nc(C(N)CN2CCCC2)no1. The van der Waals surface area contributed by atoms with Crippen LogP contribution in [0.15, 0.2) is 15.3 Å². The maximum absolute atomic E-state index is 6.11. The van der Waals surface area contributed by atoms with E-state index >= 15 is 0 Å². The van der Waals surface area contributed by atoms with Gasteiger partial charge in [-0.3, -0.25) is 0 Å². The Morgan fingerprint density at radius 1 is 1.42 bits per heavy atom. The Morgan fingerprint density at radius 2 is 2.21 bits per heavy atom. The number of rotatable bonds is 4. The van der Waals surface area contributed by atoms with Gasteiger partial charge in [-0.05, 0) is 32.9 Å². The van der Waals surface area contributed by atoms with Crippen molar-refractivity contribution in [1.82, 2.24) is 20.0 Å². The van der Waals surface area contributed by atoms with Crippen LogP contribution in [0.5, 0.6) is 0 Å². The third kappa shape index (κ3) is 2.52. The maximum Gasteiger partial charge on any atom is 0.295 e. The average molecular weight is 263 g/mol. The quantitative estimate of drug-likeness (QED) is 0.883. The molecule has 1 fully saturated rings. The molecule has 2 aromatic heterocycles. The summed E-state index contributed by atoms with van der Waals surface area (Å²) in [6.07, 6.45) is 3.83. The predicted octanol–water partition coefficient (Wildman–Crippen LogP) is 1.13. The highest BCUT2D eigenvalue weighted by Gasteiger charge is 2.22. The lowest BCUT2D eigenvalue weighted by Gasteiger charge is -2.17. The molecule has 0 bridgehead atoms. The van der Waals surface area contributed by atoms with Crippen LogP contribution in [0.3, 0.4) is 0 Å². The van der Waals surface area contributed by atoms with E-state index in [0.717, 1.165) is 25.3 Å². The third-order valence-corrected chi connectivity index (χ3v) is 3.37. The van der Waals surface area contributed by atoms with Crippen molar-refractivity contribution in [2.24, 2.45) is 5.73 Å². The third-order valence-electron chi connectivity index (χ3n) is 3.37. The number of aryl methyl sites for hydroxylation is 1. The van der Waals surface area contributed by atoms with Crippen LogP contribution in [0.4, 0.5) is 0 Å². The fourth-order valence-electron chi connectivity index (χ4n) is 2.31. The molecule has 3 heterocycles. The molecule has 0 aromatic carbocycles. The summed E-state index contributed by atoms with van der Waals surface area (Å²) in [5.41, 5.74) is 6.83. The lowest BCUT2D eigenvalue weighted by molar-refractivity contribution is 0.306. The minimum Gasteiger partial charge on any atom is -0.438 e. The number of likely N-dealkylation sites (tertiary alicyclic amines) is 1. The topological polar surface area (TPSA) is 94.2 Å². The highest BCUT2D eigenvalue weighted by molar-refractivity contribution is 5.46. The number of hydrogen-bond acceptors (Lipinski definition) is 7. The molecule has 1 atom stereocenters. The number of oxazole rings is 1. The Bertz CT molecular complexity index is 544. The molecule has 0 saturated carbocycles. The summed E-state index contributed by atoms with van der Waals surface area (Å²) in [4.78, 5) is 10.6. The van der Waals surface area contributed by atoms with Gasteiger partial charge in [0, 0.05) is 6.54 Å². The molecule has 1 saturated heterocycles. The van der Waals surface area contributed by atoms with E-state index in [1.807, 2.05) is 6.92 Å². The standard InChI is InChI=1S/C12H17N5O2/c1-8-10(18-7-14-8)12-15-11(16-19-12)9(13)6-17-4-2-3-5-17/h7,9H,2-6,13H2,1H3. The van der Waals surface area contributed by atoms with E-state index in [1.165, 1.54) is 19.2 Å². The summed E-state index contributed by atoms with van der Waals surface area (Å²) >= 11 is 0. The van der Waals surface area contributed by atoms with Crippen molar-refractivity contribution in [1.29, 1.82) is 0 Å². The van der Waals surface area contributed by atoms with Gasteiger partial charge in [-0.1, -0.05) is 5.16 Å². The van der Waals surface area contributed by atoms with Crippen LogP contribution in [0.25, 0.3) is 11.7 Å². The van der Waals surface area contributed by atoms with Gasteiger partial charge in [0.25, 0.3) is 5.89 Å². The zero-order valence-electron chi connectivity index (χ0n) is 10.9. The van der Waals surface area contributed by atoms with Crippen LogP contribution in [-0.4, -0.2) is 39.7 Å². The van der Waals surface area contributed by atoms with Crippen molar-refractivity contribution in [2.45, 2.75) is 25.8 Å². The van der Waals surface area contributed by atoms with Crippen LogP contribution >= 0.6 is 0 Å². The monoisotopic (exact) mass is 263 g/mol. The number of nitrogens with two attached hydrogens (primary N) is 1. The molecule has 1 aliphatic rings. The lowest BCUT2D eigenvalue weighted by atomic mass is 10.3. The number of hydrogen-bond donors (Lipinski definition) is 1. The fourth-order valence-corrected chi connectivity index (χ4v) is 2.31. The zero-order chi connectivity index (χ0) is 13.2. The molecular weight excluding hydrogens is 246 g/mol. The Morgan fingerprint density at radius 3 is 2.89 bits per heavy atom. The largest absolute Gasteiger partial charge is 0.438 e. The summed E-state index contributed by atoms with van der Waals surface area (Å²) in [7, 11) is 0. The van der Waals surface area contributed by atoms with Gasteiger partial charge in [-0.2, -0.15) is 4.98 Å². The Hall–Kier alpha value is -1.73. The van der Waals surface area contributed by atoms with E-state index in [-0.39, 0.29) is 6.04 Å². The predicted molar refractivity (Wildman–Crippen MR) is 67.1 cm³/mol. The fraction of sp³-hybridized carbons (Fsp3) is 0.583. The van der Waals surface area contributed by atoms with Crippen LogP contribution in [-0.2, 0) is 0 Å². The normalized spacial score (nSPS) is 18.0. The van der Waals surface area contributed by atoms with Gasteiger partial charge in [-0.25, -0.2) is 4.98 Å². The minimum atomic E-state index is -0.237. The molecule has 2 N–H and O–H groups in total. The molecule has 3 rings (SSSR count). The van der Waals surface area contributed by atoms with Crippen LogP contribution < -0.4 is 5.73 Å². The summed E-state index contributed by atoms with van der Waals surface area (Å²) in [6, 6.07) is -0.237. The summed E-state index contributed by atoms with van der Waals surface area (Å²) < 4.78 is 10.4. The molecule has 0 radical (unpaired) electrons. The van der Waals surface area contributed by atoms with Gasteiger partial charge in [0.15, 0.2) is 12.2 Å². The maximum atomic E-state index is 6.11. The smallest absolute Gasteiger partial charge is 0.295 e. The van der Waals surface area contributed by atoms with E-state index in [9.17, 15) is 0 Å². The average Bonchev–Trinajstić information content (AvgIpc) is 3.08. The molecule has 7 heteroatoms. The Balaban J connectivity index is 1.72. The Kier molecular flexibility index (Phi) is 3.31. The van der Waals surface area contributed by atoms with E-state index in [4.69, 9.17) is 14.7 Å². The first-order valence-electron chi connectivity index (χ1n) is 6.46. The molecule has 7 nitrogen and oxygen atoms in total. The second-order valence-electron chi connectivity index (χ2n) is 4.84. The van der Waals surface area contributed by atoms with Crippen molar-refractivity contribution in [2.75, 3.05) is 19.6 Å². The summed E-state index contributed by atoms with van der Waals surface area (Å²) in [5, 5.41) is 3.93. The van der Waals surface area contributed by atoms with Crippen molar-refractivity contribution in [3.8, 4) is 11.7 Å². The highest BCUT2D eigenvalue weighted by Crippen LogP contribution is 2.22. The molecule has 0 spiro atoms. The van der Waals surface area contributed by atoms with Gasteiger partial charge in [0.1, 0.15) is 0 Å². The minimum absolute atomic E-state index is 0.237. The molecule has 1 aliphatic heterocycles. The van der Waals surface area contributed by atoms with Crippen molar-refractivity contribution in [3.05, 3.63) is 17.9 Å². The van der Waals surface area contributed by atoms with Crippen LogP contribution in [0.1, 0.15) is 30.4 Å². The molecule has 102 valence electrons. The molecule has 1 unspecified atom stereocenters. The summed E-state index contributed by atoms with van der Waals surface area (Å²) in [6.45, 7) is 4.78. The van der Waals surface area contributed by atoms with Gasteiger partial charge >= 0.3 is 0 Å². The van der Waals surface area contributed by atoms with Crippen molar-refractivity contribution < 1.29 is 8.94 Å². The first-order chi connectivity index (χ1) is 9.24. The molecule has 2 aromatic rings. The summed E-state index contributed by atoms with van der Waals surface area (Å²) in [5.74, 6) is 1.35. The second-order valence-corrected chi connectivity index (χ2v) is 4.84. The first kappa shape index (κ1) is 12.3. The van der Waals surface area contributed by atoms with Gasteiger partial charge in [-0.15, -0.1) is 0 Å². The van der Waals surface area contributed by atoms with E-state index in [2.05, 4.69) is 20.0 Å². The highest BCUT2D eigenvalue weighted by atomic mass is 16.5. The molecular formula is C12H17N5O2. The van der Waals surface area contributed by atoms with Crippen LogP contribution in [0, 0.1) is 6.92 Å². The zero-order valence-corrected chi connectivity index (χ0v) is 10.9. The Labute approximate surface area is 110 Å². The van der Waals surface area contributed by atoms with Crippen molar-refractivity contribution >= 4 is 0 Å². The van der Waals surface area contributed by atoms with E-state index in [1.54, 1.807) is 0 Å². The molecule has 19 heavy (non-hydrogen) atoms.